The Morgan fingerprint density at radius 3 is 2.25 bits per heavy atom. The van der Waals surface area contributed by atoms with Gasteiger partial charge in [-0.3, -0.25) is 0 Å². The molecule has 1 aromatic heterocycles. The number of thiophene rings is 1. The van der Waals surface area contributed by atoms with Crippen LogP contribution in [0, 0.1) is 6.92 Å². The maximum atomic E-state index is 13.6. The van der Waals surface area contributed by atoms with Crippen LogP contribution in [0.5, 0.6) is 0 Å². The molecule has 28 heavy (non-hydrogen) atoms. The number of hydrogen-bond acceptors (Lipinski definition) is 3. The lowest BCUT2D eigenvalue weighted by Gasteiger charge is -2.29. The molecule has 3 nitrogen and oxygen atoms in total. The Morgan fingerprint density at radius 1 is 0.893 bits per heavy atom. The van der Waals surface area contributed by atoms with Crippen LogP contribution in [0.4, 0.5) is 0 Å². The molecule has 2 fully saturated rings. The molecule has 2 aromatic rings. The second kappa shape index (κ2) is 8.68. The van der Waals surface area contributed by atoms with Gasteiger partial charge >= 0.3 is 0 Å². The average Bonchev–Trinajstić information content (AvgIpc) is 2.99. The summed E-state index contributed by atoms with van der Waals surface area (Å²) in [4.78, 5) is 1.66. The van der Waals surface area contributed by atoms with Crippen molar-refractivity contribution >= 4 is 21.4 Å². The minimum atomic E-state index is -3.48. The van der Waals surface area contributed by atoms with Crippen molar-refractivity contribution in [3.05, 3.63) is 51.7 Å². The fraction of sp³-hybridized carbons (Fsp3) is 0.565. The summed E-state index contributed by atoms with van der Waals surface area (Å²) in [5, 5.41) is 2.08. The number of sulfonamides is 1. The van der Waals surface area contributed by atoms with E-state index in [1.165, 1.54) is 48.1 Å². The van der Waals surface area contributed by atoms with E-state index in [1.54, 1.807) is 15.6 Å². The number of benzene rings is 1. The molecule has 0 unspecified atom stereocenters. The lowest BCUT2D eigenvalue weighted by Crippen LogP contribution is -2.34. The number of aryl methyl sites for hydroxylation is 1. The lowest BCUT2D eigenvalue weighted by atomic mass is 9.84. The summed E-state index contributed by atoms with van der Waals surface area (Å²) in [6, 6.07) is 9.91. The fourth-order valence-electron chi connectivity index (χ4n) is 4.84. The van der Waals surface area contributed by atoms with E-state index in [1.807, 2.05) is 12.1 Å². The van der Waals surface area contributed by atoms with Crippen LogP contribution in [0.25, 0.3) is 0 Å². The molecule has 0 amide bonds. The number of nitrogens with zero attached hydrogens (tertiary/aromatic N) is 1. The molecule has 4 rings (SSSR count). The smallest absolute Gasteiger partial charge is 0.207 e. The molecular formula is C23H31NO2S2. The maximum Gasteiger partial charge on any atom is 0.243 e. The van der Waals surface area contributed by atoms with Crippen LogP contribution < -0.4 is 0 Å². The maximum absolute atomic E-state index is 13.6. The first-order valence-electron chi connectivity index (χ1n) is 10.7. The minimum absolute atomic E-state index is 0.0227. The summed E-state index contributed by atoms with van der Waals surface area (Å²) < 4.78 is 28.9. The second-order valence-electron chi connectivity index (χ2n) is 8.35. The van der Waals surface area contributed by atoms with Crippen LogP contribution in [0.15, 0.2) is 40.6 Å². The molecule has 2 aliphatic rings. The Labute approximate surface area is 173 Å². The van der Waals surface area contributed by atoms with Crippen molar-refractivity contribution in [3.8, 4) is 0 Å². The molecule has 1 saturated heterocycles. The Balaban J connectivity index is 1.62. The Kier molecular flexibility index (Phi) is 6.24. The molecule has 1 aliphatic heterocycles. The van der Waals surface area contributed by atoms with Gasteiger partial charge in [0.05, 0.1) is 10.9 Å². The van der Waals surface area contributed by atoms with E-state index in [9.17, 15) is 8.42 Å². The van der Waals surface area contributed by atoms with Gasteiger partial charge in [0.15, 0.2) is 0 Å². The molecule has 1 saturated carbocycles. The summed E-state index contributed by atoms with van der Waals surface area (Å²) in [7, 11) is -3.48. The van der Waals surface area contributed by atoms with E-state index in [4.69, 9.17) is 0 Å². The van der Waals surface area contributed by atoms with Gasteiger partial charge in [0.1, 0.15) is 0 Å². The van der Waals surface area contributed by atoms with Gasteiger partial charge in [0, 0.05) is 11.4 Å². The minimum Gasteiger partial charge on any atom is -0.207 e. The Bertz CT molecular complexity index is 880. The van der Waals surface area contributed by atoms with Gasteiger partial charge in [-0.25, -0.2) is 8.42 Å². The predicted molar refractivity (Wildman–Crippen MR) is 116 cm³/mol. The largest absolute Gasteiger partial charge is 0.243 e. The van der Waals surface area contributed by atoms with Crippen molar-refractivity contribution in [1.82, 2.24) is 4.31 Å². The molecule has 0 bridgehead atoms. The summed E-state index contributed by atoms with van der Waals surface area (Å²) >= 11 is 1.70. The third kappa shape index (κ3) is 4.07. The van der Waals surface area contributed by atoms with Gasteiger partial charge in [-0.1, -0.05) is 44.2 Å². The van der Waals surface area contributed by atoms with Crippen molar-refractivity contribution in [2.75, 3.05) is 6.54 Å². The molecular weight excluding hydrogens is 386 g/mol. The third-order valence-corrected chi connectivity index (χ3v) is 9.51. The first kappa shape index (κ1) is 20.1. The van der Waals surface area contributed by atoms with E-state index in [-0.39, 0.29) is 6.04 Å². The van der Waals surface area contributed by atoms with Crippen molar-refractivity contribution in [3.63, 3.8) is 0 Å². The van der Waals surface area contributed by atoms with Crippen LogP contribution >= 0.6 is 11.3 Å². The monoisotopic (exact) mass is 417 g/mol. The summed E-state index contributed by atoms with van der Waals surface area (Å²) in [5.41, 5.74) is 2.52. The SMILES string of the molecule is Cc1ccsc1[C@@H]1CCCCCN1S(=O)(=O)c1ccc(C2CCCCC2)cc1. The zero-order valence-corrected chi connectivity index (χ0v) is 18.4. The van der Waals surface area contributed by atoms with Crippen molar-refractivity contribution in [2.45, 2.75) is 81.6 Å². The number of rotatable bonds is 4. The van der Waals surface area contributed by atoms with Crippen LogP contribution in [-0.2, 0) is 10.0 Å². The van der Waals surface area contributed by atoms with E-state index in [0.29, 0.717) is 17.4 Å². The van der Waals surface area contributed by atoms with Crippen molar-refractivity contribution in [1.29, 1.82) is 0 Å². The number of hydrogen-bond donors (Lipinski definition) is 0. The highest BCUT2D eigenvalue weighted by molar-refractivity contribution is 7.89. The molecule has 0 N–H and O–H groups in total. The van der Waals surface area contributed by atoms with Crippen LogP contribution in [0.2, 0.25) is 0 Å². The Morgan fingerprint density at radius 2 is 1.57 bits per heavy atom. The van der Waals surface area contributed by atoms with Gasteiger partial charge in [0.2, 0.25) is 10.0 Å². The summed E-state index contributed by atoms with van der Waals surface area (Å²) in [5.74, 6) is 0.602. The first-order chi connectivity index (χ1) is 13.6. The highest BCUT2D eigenvalue weighted by Gasteiger charge is 2.34. The van der Waals surface area contributed by atoms with Crippen LogP contribution in [0.3, 0.4) is 0 Å². The van der Waals surface area contributed by atoms with E-state index < -0.39 is 10.0 Å². The zero-order chi connectivity index (χ0) is 19.6. The lowest BCUT2D eigenvalue weighted by molar-refractivity contribution is 0.332. The normalized spacial score (nSPS) is 22.8. The molecule has 5 heteroatoms. The molecule has 0 spiro atoms. The third-order valence-electron chi connectivity index (χ3n) is 6.47. The van der Waals surface area contributed by atoms with E-state index in [0.717, 1.165) is 25.7 Å². The fourth-order valence-corrected chi connectivity index (χ4v) is 7.65. The molecule has 1 atom stereocenters. The van der Waals surface area contributed by atoms with E-state index in [2.05, 4.69) is 30.5 Å². The zero-order valence-electron chi connectivity index (χ0n) is 16.8. The first-order valence-corrected chi connectivity index (χ1v) is 13.0. The highest BCUT2D eigenvalue weighted by Crippen LogP contribution is 2.39. The second-order valence-corrected chi connectivity index (χ2v) is 11.2. The topological polar surface area (TPSA) is 37.4 Å². The van der Waals surface area contributed by atoms with Gasteiger partial charge in [-0.2, -0.15) is 4.31 Å². The summed E-state index contributed by atoms with van der Waals surface area (Å²) in [6.07, 6.45) is 10.4. The molecule has 1 aromatic carbocycles. The standard InChI is InChI=1S/C23H31NO2S2/c1-18-15-17-27-23(18)22-10-6-3-7-16-24(22)28(25,26)21-13-11-20(12-14-21)19-8-4-2-5-9-19/h11-15,17,19,22H,2-10,16H2,1H3/t22-/m0/s1. The molecule has 152 valence electrons. The van der Waals surface area contributed by atoms with Crippen molar-refractivity contribution in [2.24, 2.45) is 0 Å². The van der Waals surface area contributed by atoms with Crippen LogP contribution in [-0.4, -0.2) is 19.3 Å². The van der Waals surface area contributed by atoms with Gasteiger partial charge in [-0.15, -0.1) is 11.3 Å². The Hall–Kier alpha value is -1.17. The molecule has 2 heterocycles. The van der Waals surface area contributed by atoms with Gasteiger partial charge in [0.25, 0.3) is 0 Å². The predicted octanol–water partition coefficient (Wildman–Crippen LogP) is 6.41. The van der Waals surface area contributed by atoms with E-state index >= 15 is 0 Å². The average molecular weight is 418 g/mol. The highest BCUT2D eigenvalue weighted by atomic mass is 32.2. The summed E-state index contributed by atoms with van der Waals surface area (Å²) in [6.45, 7) is 2.72. The van der Waals surface area contributed by atoms with Gasteiger partial charge < -0.3 is 0 Å². The molecule has 1 aliphatic carbocycles. The van der Waals surface area contributed by atoms with Crippen LogP contribution in [0.1, 0.15) is 85.8 Å². The van der Waals surface area contributed by atoms with Gasteiger partial charge in [-0.05, 0) is 73.2 Å². The van der Waals surface area contributed by atoms with Crippen molar-refractivity contribution < 1.29 is 8.42 Å². The quantitative estimate of drug-likeness (QED) is 0.576. The molecule has 0 radical (unpaired) electrons.